The molecule has 18 heavy (non-hydrogen) atoms. The van der Waals surface area contributed by atoms with Crippen LogP contribution in [0.3, 0.4) is 0 Å². The number of hydrogen-bond acceptors (Lipinski definition) is 5. The van der Waals surface area contributed by atoms with Crippen molar-refractivity contribution in [3.8, 4) is 0 Å². The molecule has 0 unspecified atom stereocenters. The van der Waals surface area contributed by atoms with E-state index in [1.165, 1.54) is 6.33 Å². The van der Waals surface area contributed by atoms with Gasteiger partial charge >= 0.3 is 11.8 Å². The number of hydrogen-bond donors (Lipinski definition) is 3. The third-order valence-corrected chi connectivity index (χ3v) is 2.06. The molecule has 8 nitrogen and oxygen atoms in total. The van der Waals surface area contributed by atoms with E-state index < -0.39 is 11.8 Å². The van der Waals surface area contributed by atoms with Crippen LogP contribution in [0.5, 0.6) is 0 Å². The number of nitrogens with zero attached hydrogens (tertiary/aromatic N) is 3. The Morgan fingerprint density at radius 1 is 1.22 bits per heavy atom. The van der Waals surface area contributed by atoms with E-state index in [2.05, 4.69) is 30.8 Å². The summed E-state index contributed by atoms with van der Waals surface area (Å²) in [5.74, 6) is -1.43. The molecule has 0 radical (unpaired) electrons. The van der Waals surface area contributed by atoms with E-state index in [1.54, 1.807) is 24.5 Å². The fraction of sp³-hybridized carbons (Fsp3) is 0.100. The molecule has 2 aromatic rings. The second-order valence-corrected chi connectivity index (χ2v) is 3.33. The van der Waals surface area contributed by atoms with Crippen molar-refractivity contribution in [3.05, 3.63) is 36.4 Å². The summed E-state index contributed by atoms with van der Waals surface area (Å²) in [5, 5.41) is 10.7. The molecule has 0 aliphatic carbocycles. The highest BCUT2D eigenvalue weighted by Crippen LogP contribution is 1.95. The zero-order chi connectivity index (χ0) is 12.8. The average Bonchev–Trinajstić information content (AvgIpc) is 2.90. The summed E-state index contributed by atoms with van der Waals surface area (Å²) >= 11 is 0. The Labute approximate surface area is 102 Å². The maximum absolute atomic E-state index is 11.4. The molecule has 0 fully saturated rings. The van der Waals surface area contributed by atoms with Gasteiger partial charge in [0.05, 0.1) is 0 Å². The van der Waals surface area contributed by atoms with Gasteiger partial charge in [-0.2, -0.15) is 10.1 Å². The number of rotatable bonds is 3. The fourth-order valence-corrected chi connectivity index (χ4v) is 1.19. The fourth-order valence-electron chi connectivity index (χ4n) is 1.19. The summed E-state index contributed by atoms with van der Waals surface area (Å²) in [6.45, 7) is 0.255. The van der Waals surface area contributed by atoms with E-state index in [0.29, 0.717) is 0 Å². The number of aromatic nitrogens is 4. The molecule has 2 rings (SSSR count). The molecule has 8 heteroatoms. The van der Waals surface area contributed by atoms with Gasteiger partial charge in [-0.25, -0.2) is 5.10 Å². The highest BCUT2D eigenvalue weighted by atomic mass is 16.2. The van der Waals surface area contributed by atoms with Crippen LogP contribution in [0.2, 0.25) is 0 Å². The second-order valence-electron chi connectivity index (χ2n) is 3.33. The Hall–Kier alpha value is -2.77. The molecular formula is C10H10N6O2. The maximum Gasteiger partial charge on any atom is 0.316 e. The van der Waals surface area contributed by atoms with Gasteiger partial charge in [-0.15, -0.1) is 0 Å². The lowest BCUT2D eigenvalue weighted by Crippen LogP contribution is -2.35. The van der Waals surface area contributed by atoms with E-state index in [9.17, 15) is 9.59 Å². The van der Waals surface area contributed by atoms with Crippen molar-refractivity contribution in [2.24, 2.45) is 0 Å². The summed E-state index contributed by atoms with van der Waals surface area (Å²) in [6.07, 6.45) is 4.44. The van der Waals surface area contributed by atoms with Gasteiger partial charge in [0.25, 0.3) is 0 Å². The predicted molar refractivity (Wildman–Crippen MR) is 61.1 cm³/mol. The minimum Gasteiger partial charge on any atom is -0.344 e. The van der Waals surface area contributed by atoms with E-state index in [4.69, 9.17) is 0 Å². The van der Waals surface area contributed by atoms with E-state index in [-0.39, 0.29) is 12.5 Å². The molecule has 2 aromatic heterocycles. The minimum atomic E-state index is -0.805. The van der Waals surface area contributed by atoms with Crippen molar-refractivity contribution in [3.63, 3.8) is 0 Å². The minimum absolute atomic E-state index is 0.124. The third-order valence-electron chi connectivity index (χ3n) is 2.06. The molecule has 2 heterocycles. The van der Waals surface area contributed by atoms with Crippen LogP contribution in [-0.2, 0) is 16.1 Å². The Kier molecular flexibility index (Phi) is 3.59. The Balaban J connectivity index is 1.83. The molecule has 0 aromatic carbocycles. The Bertz CT molecular complexity index is 525. The first kappa shape index (κ1) is 11.7. The highest BCUT2D eigenvalue weighted by Gasteiger charge is 2.14. The quantitative estimate of drug-likeness (QED) is 0.629. The summed E-state index contributed by atoms with van der Waals surface area (Å²) in [7, 11) is 0. The summed E-state index contributed by atoms with van der Waals surface area (Å²) < 4.78 is 0. The lowest BCUT2D eigenvalue weighted by atomic mass is 10.3. The standard InChI is InChI=1S/C10H10N6O2/c17-8(9(18)15-10-13-6-14-16-10)12-5-7-1-3-11-4-2-7/h1-4,6H,5H2,(H,12,17)(H2,13,14,15,16,18). The van der Waals surface area contributed by atoms with Gasteiger partial charge < -0.3 is 5.32 Å². The van der Waals surface area contributed by atoms with Gasteiger partial charge in [-0.1, -0.05) is 0 Å². The molecule has 0 aliphatic rings. The lowest BCUT2D eigenvalue weighted by Gasteiger charge is -2.04. The van der Waals surface area contributed by atoms with Crippen LogP contribution in [-0.4, -0.2) is 32.0 Å². The molecule has 3 N–H and O–H groups in total. The van der Waals surface area contributed by atoms with Crippen molar-refractivity contribution >= 4 is 17.8 Å². The smallest absolute Gasteiger partial charge is 0.316 e. The van der Waals surface area contributed by atoms with Crippen molar-refractivity contribution in [1.82, 2.24) is 25.5 Å². The van der Waals surface area contributed by atoms with Gasteiger partial charge in [-0.05, 0) is 17.7 Å². The molecule has 0 saturated heterocycles. The zero-order valence-electron chi connectivity index (χ0n) is 9.25. The SMILES string of the molecule is O=C(NCc1ccncc1)C(=O)Nc1ncn[nH]1. The van der Waals surface area contributed by atoms with Gasteiger partial charge in [-0.3, -0.25) is 19.9 Å². The molecule has 92 valence electrons. The van der Waals surface area contributed by atoms with E-state index >= 15 is 0 Å². The van der Waals surface area contributed by atoms with Crippen LogP contribution in [0.4, 0.5) is 5.95 Å². The molecule has 0 spiro atoms. The Morgan fingerprint density at radius 3 is 2.67 bits per heavy atom. The van der Waals surface area contributed by atoms with Gasteiger partial charge in [0.15, 0.2) is 0 Å². The topological polar surface area (TPSA) is 113 Å². The van der Waals surface area contributed by atoms with Crippen molar-refractivity contribution in [2.75, 3.05) is 5.32 Å². The average molecular weight is 246 g/mol. The van der Waals surface area contributed by atoms with Gasteiger partial charge in [0.1, 0.15) is 6.33 Å². The zero-order valence-corrected chi connectivity index (χ0v) is 9.25. The molecule has 0 atom stereocenters. The van der Waals surface area contributed by atoms with Crippen LogP contribution in [0.25, 0.3) is 0 Å². The summed E-state index contributed by atoms with van der Waals surface area (Å²) in [5.41, 5.74) is 0.853. The van der Waals surface area contributed by atoms with Crippen molar-refractivity contribution in [2.45, 2.75) is 6.54 Å². The molecule has 0 aliphatic heterocycles. The predicted octanol–water partition coefficient (Wildman–Crippen LogP) is -0.545. The number of anilines is 1. The summed E-state index contributed by atoms with van der Waals surface area (Å²) in [4.78, 5) is 30.4. The number of nitrogens with one attached hydrogen (secondary N) is 3. The van der Waals surface area contributed by atoms with Crippen LogP contribution >= 0.6 is 0 Å². The first-order valence-corrected chi connectivity index (χ1v) is 5.09. The summed E-state index contributed by atoms with van der Waals surface area (Å²) in [6, 6.07) is 3.49. The van der Waals surface area contributed by atoms with Crippen LogP contribution in [0.1, 0.15) is 5.56 Å². The first-order chi connectivity index (χ1) is 8.75. The number of amides is 2. The van der Waals surface area contributed by atoms with E-state index in [0.717, 1.165) is 5.56 Å². The monoisotopic (exact) mass is 246 g/mol. The number of aromatic amines is 1. The largest absolute Gasteiger partial charge is 0.344 e. The van der Waals surface area contributed by atoms with E-state index in [1.807, 2.05) is 0 Å². The molecular weight excluding hydrogens is 236 g/mol. The van der Waals surface area contributed by atoms with Crippen LogP contribution < -0.4 is 10.6 Å². The molecule has 0 saturated carbocycles. The van der Waals surface area contributed by atoms with Gasteiger partial charge in [0.2, 0.25) is 5.95 Å². The van der Waals surface area contributed by atoms with Crippen molar-refractivity contribution < 1.29 is 9.59 Å². The Morgan fingerprint density at radius 2 is 2.00 bits per heavy atom. The maximum atomic E-state index is 11.4. The normalized spacial score (nSPS) is 9.78. The van der Waals surface area contributed by atoms with Gasteiger partial charge in [0, 0.05) is 18.9 Å². The lowest BCUT2D eigenvalue weighted by molar-refractivity contribution is -0.136. The number of H-pyrrole nitrogens is 1. The molecule has 2 amide bonds. The van der Waals surface area contributed by atoms with Crippen LogP contribution in [0.15, 0.2) is 30.9 Å². The third kappa shape index (κ3) is 3.11. The first-order valence-electron chi connectivity index (χ1n) is 5.09. The van der Waals surface area contributed by atoms with Crippen LogP contribution in [0, 0.1) is 0 Å². The number of carbonyl (C=O) groups excluding carboxylic acids is 2. The second kappa shape index (κ2) is 5.53. The highest BCUT2D eigenvalue weighted by molar-refractivity contribution is 6.39. The molecule has 0 bridgehead atoms. The number of pyridine rings is 1. The van der Waals surface area contributed by atoms with Crippen molar-refractivity contribution in [1.29, 1.82) is 0 Å². The number of carbonyl (C=O) groups is 2.